The number of hydrogen-bond donors (Lipinski definition) is 0. The molecule has 1 aliphatic rings. The molecule has 52 heavy (non-hydrogen) atoms. The number of nitrogens with zero attached hydrogens (tertiary/aromatic N) is 4. The second-order valence-corrected chi connectivity index (χ2v) is 20.3. The highest BCUT2D eigenvalue weighted by Gasteiger charge is 2.31. The first kappa shape index (κ1) is 34.0. The molecule has 5 heteroatoms. The molecule has 7 aromatic rings. The van der Waals surface area contributed by atoms with Crippen molar-refractivity contribution in [2.24, 2.45) is 0 Å². The molecule has 8 rings (SSSR count). The van der Waals surface area contributed by atoms with Gasteiger partial charge in [-0.05, 0) is 96.5 Å². The van der Waals surface area contributed by atoms with E-state index in [1.165, 1.54) is 71.5 Å². The van der Waals surface area contributed by atoms with Gasteiger partial charge in [0.25, 0.3) is 0 Å². The van der Waals surface area contributed by atoms with Gasteiger partial charge in [-0.1, -0.05) is 124 Å². The third-order valence-corrected chi connectivity index (χ3v) is 14.8. The Morgan fingerprint density at radius 1 is 0.596 bits per heavy atom. The van der Waals surface area contributed by atoms with Crippen LogP contribution in [-0.4, -0.2) is 30.3 Å². The Hall–Kier alpha value is -5.13. The number of rotatable bonds is 8. The van der Waals surface area contributed by atoms with Crippen molar-refractivity contribution >= 4 is 57.3 Å². The summed E-state index contributed by atoms with van der Waals surface area (Å²) in [6, 6.07) is 45.9. The van der Waals surface area contributed by atoms with Crippen molar-refractivity contribution in [1.29, 1.82) is 0 Å². The Morgan fingerprint density at radius 2 is 1.25 bits per heavy atom. The average molecular weight is 699 g/mol. The molecule has 0 saturated heterocycles. The molecule has 0 amide bonds. The van der Waals surface area contributed by atoms with E-state index in [0.29, 0.717) is 17.9 Å². The monoisotopic (exact) mass is 698 g/mol. The largest absolute Gasteiger partial charge is 0.349 e. The molecular formula is C47H50N4Si. The third-order valence-electron chi connectivity index (χ3n) is 11.3. The molecule has 5 aromatic carbocycles. The average Bonchev–Trinajstić information content (AvgIpc) is 3.71. The van der Waals surface area contributed by atoms with Crippen LogP contribution < -0.4 is 20.2 Å². The minimum atomic E-state index is -2.14. The van der Waals surface area contributed by atoms with Gasteiger partial charge in [-0.25, -0.2) is 4.98 Å². The Labute approximate surface area is 310 Å². The van der Waals surface area contributed by atoms with Gasteiger partial charge in [-0.15, -0.1) is 0 Å². The van der Waals surface area contributed by atoms with Crippen molar-refractivity contribution in [1.82, 2.24) is 9.55 Å². The van der Waals surface area contributed by atoms with Crippen LogP contribution in [-0.2, 0) is 0 Å². The van der Waals surface area contributed by atoms with E-state index >= 15 is 0 Å². The Kier molecular flexibility index (Phi) is 8.58. The molecule has 3 heterocycles. The summed E-state index contributed by atoms with van der Waals surface area (Å²) in [5.41, 5.74) is 11.6. The van der Waals surface area contributed by atoms with Crippen LogP contribution in [0.25, 0.3) is 38.8 Å². The maximum Gasteiger partial charge on any atom is 0.138 e. The van der Waals surface area contributed by atoms with E-state index < -0.39 is 8.07 Å². The zero-order valence-corrected chi connectivity index (χ0v) is 32.9. The van der Waals surface area contributed by atoms with E-state index in [0.717, 1.165) is 12.5 Å². The first-order chi connectivity index (χ1) is 25.0. The molecule has 4 nitrogen and oxygen atoms in total. The second-order valence-electron chi connectivity index (χ2n) is 15.9. The fourth-order valence-corrected chi connectivity index (χ4v) is 10.7. The van der Waals surface area contributed by atoms with Gasteiger partial charge in [0.05, 0.1) is 29.1 Å². The number of benzene rings is 5. The van der Waals surface area contributed by atoms with Crippen LogP contribution in [0.15, 0.2) is 128 Å². The smallest absolute Gasteiger partial charge is 0.138 e. The molecule has 0 saturated carbocycles. The van der Waals surface area contributed by atoms with Crippen molar-refractivity contribution in [2.75, 3.05) is 16.5 Å². The van der Waals surface area contributed by atoms with Gasteiger partial charge in [0.1, 0.15) is 13.9 Å². The maximum absolute atomic E-state index is 5.06. The molecule has 262 valence electrons. The highest BCUT2D eigenvalue weighted by Crippen LogP contribution is 2.42. The number of para-hydroxylation sites is 3. The van der Waals surface area contributed by atoms with Crippen LogP contribution in [0.4, 0.5) is 17.1 Å². The number of aromatic nitrogens is 2. The van der Waals surface area contributed by atoms with Crippen LogP contribution in [0.2, 0.25) is 13.1 Å². The molecule has 0 fully saturated rings. The maximum atomic E-state index is 5.06. The molecule has 0 bridgehead atoms. The van der Waals surface area contributed by atoms with E-state index in [1.54, 1.807) is 0 Å². The second kappa shape index (κ2) is 13.1. The molecule has 2 aromatic heterocycles. The van der Waals surface area contributed by atoms with Crippen LogP contribution in [0.3, 0.4) is 0 Å². The predicted octanol–water partition coefficient (Wildman–Crippen LogP) is 11.2. The SMILES string of the molecule is CC(C)c1cccc(C(C)C)c1-c1ccnc(-n2c3ccccc3c3ccc([Si](C)(C)c4cccc(N5CN(C(C)C)c6ccccc65)c4)cc32)c1. The normalized spacial score (nSPS) is 13.4. The first-order valence-corrected chi connectivity index (χ1v) is 21.9. The summed E-state index contributed by atoms with van der Waals surface area (Å²) >= 11 is 0. The van der Waals surface area contributed by atoms with E-state index in [-0.39, 0.29) is 0 Å². The lowest BCUT2D eigenvalue weighted by Gasteiger charge is -2.28. The highest BCUT2D eigenvalue weighted by atomic mass is 28.3. The summed E-state index contributed by atoms with van der Waals surface area (Å²) in [5, 5.41) is 5.36. The standard InChI is InChI=1S/C47H50N4Si/c1-31(2)38-18-14-19-39(32(3)4)47(38)34-25-26-48-46(27-34)51-42-20-10-9-17-40(42)41-24-23-37(29-45(41)51)52(7,8)36-16-13-15-35(28-36)50-30-49(33(5)6)43-21-11-12-22-44(43)50/h9-29,31-33H,30H2,1-8H3. The zero-order chi connectivity index (χ0) is 36.3. The van der Waals surface area contributed by atoms with Crippen LogP contribution in [0.1, 0.15) is 64.5 Å². The lowest BCUT2D eigenvalue weighted by Crippen LogP contribution is -2.53. The molecule has 0 unspecified atom stereocenters. The molecule has 0 N–H and O–H groups in total. The lowest BCUT2D eigenvalue weighted by molar-refractivity contribution is 0.709. The first-order valence-electron chi connectivity index (χ1n) is 18.9. The number of pyridine rings is 1. The molecule has 0 aliphatic carbocycles. The Morgan fingerprint density at radius 3 is 1.98 bits per heavy atom. The summed E-state index contributed by atoms with van der Waals surface area (Å²) in [5.74, 6) is 1.79. The van der Waals surface area contributed by atoms with Gasteiger partial charge in [0.15, 0.2) is 0 Å². The topological polar surface area (TPSA) is 24.3 Å². The van der Waals surface area contributed by atoms with E-state index in [9.17, 15) is 0 Å². The predicted molar refractivity (Wildman–Crippen MR) is 226 cm³/mol. The van der Waals surface area contributed by atoms with Gasteiger partial charge in [0.2, 0.25) is 0 Å². The Balaban J connectivity index is 1.25. The van der Waals surface area contributed by atoms with E-state index in [4.69, 9.17) is 4.98 Å². The van der Waals surface area contributed by atoms with Crippen LogP contribution >= 0.6 is 0 Å². The summed E-state index contributed by atoms with van der Waals surface area (Å²) in [4.78, 5) is 10.0. The number of anilines is 3. The lowest BCUT2D eigenvalue weighted by atomic mass is 9.85. The van der Waals surface area contributed by atoms with Crippen molar-refractivity contribution in [2.45, 2.75) is 72.5 Å². The van der Waals surface area contributed by atoms with Crippen molar-refractivity contribution < 1.29 is 0 Å². The fraction of sp³-hybridized carbons (Fsp3) is 0.255. The zero-order valence-electron chi connectivity index (χ0n) is 31.9. The van der Waals surface area contributed by atoms with E-state index in [2.05, 4.69) is 190 Å². The summed E-state index contributed by atoms with van der Waals surface area (Å²) < 4.78 is 2.40. The van der Waals surface area contributed by atoms with Crippen molar-refractivity contribution in [3.8, 4) is 16.9 Å². The highest BCUT2D eigenvalue weighted by molar-refractivity contribution is 7.00. The fourth-order valence-electron chi connectivity index (χ4n) is 8.32. The van der Waals surface area contributed by atoms with Gasteiger partial charge in [-0.2, -0.15) is 0 Å². The minimum absolute atomic E-state index is 0.418. The third kappa shape index (κ3) is 5.63. The summed E-state index contributed by atoms with van der Waals surface area (Å²) in [6.07, 6.45) is 2.00. The van der Waals surface area contributed by atoms with Crippen molar-refractivity contribution in [3.05, 3.63) is 139 Å². The van der Waals surface area contributed by atoms with Gasteiger partial charge in [0, 0.05) is 28.7 Å². The minimum Gasteiger partial charge on any atom is -0.349 e. The molecule has 0 spiro atoms. The van der Waals surface area contributed by atoms with Gasteiger partial charge in [-0.3, -0.25) is 4.57 Å². The van der Waals surface area contributed by atoms with Crippen LogP contribution in [0.5, 0.6) is 0 Å². The van der Waals surface area contributed by atoms with E-state index in [1.807, 2.05) is 6.20 Å². The van der Waals surface area contributed by atoms with Gasteiger partial charge >= 0.3 is 0 Å². The quantitative estimate of drug-likeness (QED) is 0.148. The summed E-state index contributed by atoms with van der Waals surface area (Å²) in [6.45, 7) is 19.6. The number of fused-ring (bicyclic) bond motifs is 4. The van der Waals surface area contributed by atoms with Crippen LogP contribution in [0, 0.1) is 0 Å². The van der Waals surface area contributed by atoms with Gasteiger partial charge < -0.3 is 9.80 Å². The Bertz CT molecular complexity index is 2410. The molecule has 1 aliphatic heterocycles. The molecule has 0 radical (unpaired) electrons. The number of hydrogen-bond acceptors (Lipinski definition) is 3. The van der Waals surface area contributed by atoms with Crippen molar-refractivity contribution in [3.63, 3.8) is 0 Å². The molecule has 0 atom stereocenters. The molecular weight excluding hydrogens is 649 g/mol. The summed E-state index contributed by atoms with van der Waals surface area (Å²) in [7, 11) is -2.14.